The molecule has 0 fully saturated rings. The number of amides is 1. The first kappa shape index (κ1) is 13.9. The van der Waals surface area contributed by atoms with Crippen LogP contribution in [0.25, 0.3) is 0 Å². The topological polar surface area (TPSA) is 70.2 Å². The highest BCUT2D eigenvalue weighted by atomic mass is 19.1. The summed E-state index contributed by atoms with van der Waals surface area (Å²) >= 11 is 0. The van der Waals surface area contributed by atoms with Gasteiger partial charge < -0.3 is 15.0 Å². The van der Waals surface area contributed by atoms with Crippen molar-refractivity contribution in [3.63, 3.8) is 0 Å². The second kappa shape index (κ2) is 5.60. The van der Waals surface area contributed by atoms with Gasteiger partial charge in [0.1, 0.15) is 5.82 Å². The first-order valence-electron chi connectivity index (χ1n) is 5.88. The number of aromatic amines is 1. The number of H-pyrrole nitrogens is 1. The van der Waals surface area contributed by atoms with E-state index in [0.717, 1.165) is 0 Å². The highest BCUT2D eigenvalue weighted by Crippen LogP contribution is 2.22. The number of aromatic nitrogens is 2. The second-order valence-corrected chi connectivity index (χ2v) is 4.33. The lowest BCUT2D eigenvalue weighted by atomic mass is 10.1. The predicted molar refractivity (Wildman–Crippen MR) is 73.8 cm³/mol. The maximum absolute atomic E-state index is 13.8. The van der Waals surface area contributed by atoms with E-state index in [0.29, 0.717) is 17.3 Å². The number of nitrogens with zero attached hydrogens (tertiary/aromatic N) is 2. The molecule has 0 saturated carbocycles. The number of halogens is 1. The molecule has 0 aliphatic carbocycles. The molecule has 2 N–H and O–H groups in total. The normalized spacial score (nSPS) is 10.2. The molecule has 0 spiro atoms. The summed E-state index contributed by atoms with van der Waals surface area (Å²) in [7, 11) is 4.92. The van der Waals surface area contributed by atoms with Gasteiger partial charge in [0.05, 0.1) is 19.0 Å². The van der Waals surface area contributed by atoms with E-state index in [4.69, 9.17) is 4.74 Å². The summed E-state index contributed by atoms with van der Waals surface area (Å²) in [6, 6.07) is 4.29. The molecule has 106 valence electrons. The van der Waals surface area contributed by atoms with E-state index in [9.17, 15) is 9.18 Å². The first-order valence-corrected chi connectivity index (χ1v) is 5.88. The van der Waals surface area contributed by atoms with Gasteiger partial charge in [-0.15, -0.1) is 0 Å². The molecule has 0 radical (unpaired) electrons. The Labute approximate surface area is 115 Å². The number of methoxy groups -OCH3 is 1. The van der Waals surface area contributed by atoms with Gasteiger partial charge >= 0.3 is 0 Å². The quantitative estimate of drug-likeness (QED) is 0.895. The maximum Gasteiger partial charge on any atom is 0.257 e. The molecule has 1 aromatic carbocycles. The molecule has 20 heavy (non-hydrogen) atoms. The molecule has 1 amide bonds. The lowest BCUT2D eigenvalue weighted by Gasteiger charge is -2.14. The van der Waals surface area contributed by atoms with Gasteiger partial charge in [-0.1, -0.05) is 0 Å². The summed E-state index contributed by atoms with van der Waals surface area (Å²) in [5, 5.41) is 8.91. The number of hydrogen-bond acceptors (Lipinski definition) is 4. The van der Waals surface area contributed by atoms with E-state index in [-0.39, 0.29) is 5.56 Å². The molecule has 2 aromatic rings. The monoisotopic (exact) mass is 278 g/mol. The molecule has 0 bridgehead atoms. The summed E-state index contributed by atoms with van der Waals surface area (Å²) in [6.45, 7) is 0. The Morgan fingerprint density at radius 2 is 2.20 bits per heavy atom. The summed E-state index contributed by atoms with van der Waals surface area (Å²) in [5.74, 6) is -0.172. The summed E-state index contributed by atoms with van der Waals surface area (Å²) in [5.41, 5.74) is 0.630. The third-order valence-electron chi connectivity index (χ3n) is 2.75. The van der Waals surface area contributed by atoms with Crippen LogP contribution in [0.15, 0.2) is 24.4 Å². The average molecular weight is 278 g/mol. The fourth-order valence-electron chi connectivity index (χ4n) is 1.72. The number of nitrogens with one attached hydrogen (secondary N) is 2. The first-order chi connectivity index (χ1) is 9.52. The minimum absolute atomic E-state index is 0.213. The fourth-order valence-corrected chi connectivity index (χ4v) is 1.72. The SMILES string of the molecule is COc1cn[nH]c1NC(=O)c1ccc(N(C)C)c(F)c1. The molecule has 0 aliphatic heterocycles. The number of benzene rings is 1. The zero-order chi connectivity index (χ0) is 14.7. The standard InChI is InChI=1S/C13H15FN4O2/c1-18(2)10-5-4-8(6-9(10)14)13(19)16-12-11(20-3)7-15-17-12/h4-7H,1-3H3,(H2,15,16,17,19). The molecule has 0 atom stereocenters. The third kappa shape index (κ3) is 2.71. The molecular formula is C13H15FN4O2. The molecular weight excluding hydrogens is 263 g/mol. The van der Waals surface area contributed by atoms with E-state index in [2.05, 4.69) is 15.5 Å². The van der Waals surface area contributed by atoms with Gasteiger partial charge in [0, 0.05) is 19.7 Å². The van der Waals surface area contributed by atoms with Crippen molar-refractivity contribution >= 4 is 17.4 Å². The molecule has 2 rings (SSSR count). The number of ether oxygens (including phenoxy) is 1. The van der Waals surface area contributed by atoms with Crippen molar-refractivity contribution in [1.82, 2.24) is 10.2 Å². The average Bonchev–Trinajstić information content (AvgIpc) is 2.85. The van der Waals surface area contributed by atoms with Crippen molar-refractivity contribution in [2.24, 2.45) is 0 Å². The smallest absolute Gasteiger partial charge is 0.257 e. The lowest BCUT2D eigenvalue weighted by molar-refractivity contribution is 0.102. The molecule has 1 heterocycles. The Kier molecular flexibility index (Phi) is 3.88. The molecule has 0 unspecified atom stereocenters. The van der Waals surface area contributed by atoms with Crippen LogP contribution in [0.3, 0.4) is 0 Å². The Hall–Kier alpha value is -2.57. The molecule has 6 nitrogen and oxygen atoms in total. The highest BCUT2D eigenvalue weighted by molar-refractivity contribution is 6.04. The van der Waals surface area contributed by atoms with Crippen molar-refractivity contribution in [3.8, 4) is 5.75 Å². The minimum atomic E-state index is -0.459. The van der Waals surface area contributed by atoms with Gasteiger partial charge in [0.15, 0.2) is 11.6 Å². The number of carbonyl (C=O) groups excluding carboxylic acids is 1. The van der Waals surface area contributed by atoms with Gasteiger partial charge in [0.25, 0.3) is 5.91 Å². The summed E-state index contributed by atoms with van der Waals surface area (Å²) in [4.78, 5) is 13.7. The van der Waals surface area contributed by atoms with Crippen LogP contribution in [0.2, 0.25) is 0 Å². The summed E-state index contributed by atoms with van der Waals surface area (Å²) < 4.78 is 18.8. The van der Waals surface area contributed by atoms with Crippen molar-refractivity contribution in [1.29, 1.82) is 0 Å². The Morgan fingerprint density at radius 1 is 1.45 bits per heavy atom. The van der Waals surface area contributed by atoms with Crippen LogP contribution < -0.4 is 15.0 Å². The molecule has 7 heteroatoms. The van der Waals surface area contributed by atoms with Crippen molar-refractivity contribution in [2.45, 2.75) is 0 Å². The van der Waals surface area contributed by atoms with Crippen molar-refractivity contribution in [3.05, 3.63) is 35.8 Å². The number of anilines is 2. The Balaban J connectivity index is 2.20. The van der Waals surface area contributed by atoms with E-state index in [1.165, 1.54) is 19.4 Å². The number of carbonyl (C=O) groups is 1. The van der Waals surface area contributed by atoms with Crippen LogP contribution in [0, 0.1) is 5.82 Å². The second-order valence-electron chi connectivity index (χ2n) is 4.33. The molecule has 1 aromatic heterocycles. The number of hydrogen-bond donors (Lipinski definition) is 2. The lowest BCUT2D eigenvalue weighted by Crippen LogP contribution is -2.15. The van der Waals surface area contributed by atoms with Crippen molar-refractivity contribution < 1.29 is 13.9 Å². The van der Waals surface area contributed by atoms with Gasteiger partial charge in [-0.25, -0.2) is 4.39 Å². The van der Waals surface area contributed by atoms with Crippen LogP contribution in [0.1, 0.15) is 10.4 Å². The van der Waals surface area contributed by atoms with E-state index in [1.54, 1.807) is 31.1 Å². The van der Waals surface area contributed by atoms with Crippen LogP contribution >= 0.6 is 0 Å². The van der Waals surface area contributed by atoms with Crippen molar-refractivity contribution in [2.75, 3.05) is 31.4 Å². The molecule has 0 saturated heterocycles. The Morgan fingerprint density at radius 3 is 2.80 bits per heavy atom. The summed E-state index contributed by atoms with van der Waals surface area (Å²) in [6.07, 6.45) is 1.44. The van der Waals surface area contributed by atoms with Crippen LogP contribution in [0.4, 0.5) is 15.9 Å². The van der Waals surface area contributed by atoms with Crippen LogP contribution in [-0.4, -0.2) is 37.3 Å². The maximum atomic E-state index is 13.8. The van der Waals surface area contributed by atoms with Crippen LogP contribution in [-0.2, 0) is 0 Å². The van der Waals surface area contributed by atoms with Crippen LogP contribution in [0.5, 0.6) is 5.75 Å². The largest absolute Gasteiger partial charge is 0.491 e. The minimum Gasteiger partial charge on any atom is -0.491 e. The van der Waals surface area contributed by atoms with Gasteiger partial charge in [-0.05, 0) is 18.2 Å². The third-order valence-corrected chi connectivity index (χ3v) is 2.75. The molecule has 0 aliphatic rings. The van der Waals surface area contributed by atoms with Gasteiger partial charge in [0.2, 0.25) is 0 Å². The van der Waals surface area contributed by atoms with E-state index in [1.807, 2.05) is 0 Å². The van der Waals surface area contributed by atoms with E-state index < -0.39 is 11.7 Å². The zero-order valence-electron chi connectivity index (χ0n) is 11.4. The van der Waals surface area contributed by atoms with E-state index >= 15 is 0 Å². The van der Waals surface area contributed by atoms with Gasteiger partial charge in [-0.2, -0.15) is 5.10 Å². The van der Waals surface area contributed by atoms with Gasteiger partial charge in [-0.3, -0.25) is 9.89 Å². The fraction of sp³-hybridized carbons (Fsp3) is 0.231. The predicted octanol–water partition coefficient (Wildman–Crippen LogP) is 1.88. The highest BCUT2D eigenvalue weighted by Gasteiger charge is 2.14. The zero-order valence-corrected chi connectivity index (χ0v) is 11.4. The Bertz CT molecular complexity index is 625. The number of rotatable bonds is 4.